The minimum absolute atomic E-state index is 0.262. The predicted octanol–water partition coefficient (Wildman–Crippen LogP) is 5.23. The summed E-state index contributed by atoms with van der Waals surface area (Å²) < 4.78 is 5.57. The fourth-order valence-electron chi connectivity index (χ4n) is 3.64. The van der Waals surface area contributed by atoms with Crippen LogP contribution in [0.1, 0.15) is 22.7 Å². The molecule has 3 N–H and O–H groups in total. The molecule has 7 heteroatoms. The van der Waals surface area contributed by atoms with Crippen LogP contribution in [0, 0.1) is 6.92 Å². The van der Waals surface area contributed by atoms with Crippen molar-refractivity contribution in [2.75, 3.05) is 12.4 Å². The average Bonchev–Trinajstić information content (AvgIpc) is 2.80. The highest BCUT2D eigenvalue weighted by atomic mass is 35.5. The minimum atomic E-state index is -0.571. The summed E-state index contributed by atoms with van der Waals surface area (Å²) in [5, 5.41) is 10.3. The number of benzene rings is 3. The lowest BCUT2D eigenvalue weighted by Gasteiger charge is -2.32. The van der Waals surface area contributed by atoms with Crippen LogP contribution < -0.4 is 20.7 Å². The Balaban J connectivity index is 1.87. The number of hydrogen-bond acceptors (Lipinski definition) is 3. The number of amides is 1. The van der Waals surface area contributed by atoms with Crippen molar-refractivity contribution in [3.05, 3.63) is 100 Å². The Morgan fingerprint density at radius 1 is 1.06 bits per heavy atom. The van der Waals surface area contributed by atoms with Crippen molar-refractivity contribution in [1.29, 1.82) is 0 Å². The first kappa shape index (κ1) is 21.9. The van der Waals surface area contributed by atoms with Gasteiger partial charge >= 0.3 is 0 Å². The summed E-state index contributed by atoms with van der Waals surface area (Å²) in [6.45, 7) is 2.00. The Morgan fingerprint density at radius 2 is 1.78 bits per heavy atom. The predicted molar refractivity (Wildman–Crippen MR) is 133 cm³/mol. The van der Waals surface area contributed by atoms with Gasteiger partial charge < -0.3 is 20.7 Å². The third kappa shape index (κ3) is 4.61. The molecule has 0 saturated carbocycles. The van der Waals surface area contributed by atoms with Crippen LogP contribution >= 0.6 is 23.8 Å². The first-order chi connectivity index (χ1) is 15.5. The number of halogens is 1. The largest absolute Gasteiger partial charge is 0.496 e. The fourth-order valence-corrected chi connectivity index (χ4v) is 4.04. The maximum Gasteiger partial charge on any atom is 0.256 e. The molecular weight excluding hydrogens is 442 g/mol. The van der Waals surface area contributed by atoms with Gasteiger partial charge in [0.2, 0.25) is 0 Å². The number of aryl methyl sites for hydroxylation is 1. The van der Waals surface area contributed by atoms with Gasteiger partial charge in [0.1, 0.15) is 5.75 Å². The van der Waals surface area contributed by atoms with Gasteiger partial charge in [-0.05, 0) is 55.0 Å². The van der Waals surface area contributed by atoms with Gasteiger partial charge in [0.15, 0.2) is 5.11 Å². The van der Waals surface area contributed by atoms with Gasteiger partial charge in [0, 0.05) is 16.3 Å². The second-order valence-electron chi connectivity index (χ2n) is 7.39. The third-order valence-corrected chi connectivity index (χ3v) is 5.65. The molecule has 1 amide bonds. The maximum absolute atomic E-state index is 13.6. The Labute approximate surface area is 197 Å². The topological polar surface area (TPSA) is 62.4 Å². The number of nitrogens with one attached hydrogen (secondary N) is 3. The molecule has 5 nitrogen and oxygen atoms in total. The average molecular weight is 464 g/mol. The smallest absolute Gasteiger partial charge is 0.256 e. The maximum atomic E-state index is 13.6. The third-order valence-electron chi connectivity index (χ3n) is 5.19. The van der Waals surface area contributed by atoms with E-state index in [-0.39, 0.29) is 5.91 Å². The normalized spacial score (nSPS) is 15.6. The molecule has 0 saturated heterocycles. The number of hydrogen-bond donors (Lipinski definition) is 3. The van der Waals surface area contributed by atoms with Crippen LogP contribution in [-0.2, 0) is 4.79 Å². The molecule has 1 heterocycles. The lowest BCUT2D eigenvalue weighted by atomic mass is 9.91. The molecule has 0 aliphatic carbocycles. The number of methoxy groups -OCH3 is 1. The van der Waals surface area contributed by atoms with E-state index in [1.165, 1.54) is 0 Å². The molecule has 162 valence electrons. The highest BCUT2D eigenvalue weighted by molar-refractivity contribution is 7.80. The van der Waals surface area contributed by atoms with E-state index in [0.717, 1.165) is 11.1 Å². The van der Waals surface area contributed by atoms with Crippen molar-refractivity contribution < 1.29 is 9.53 Å². The Hall–Kier alpha value is -3.35. The van der Waals surface area contributed by atoms with Crippen LogP contribution in [0.15, 0.2) is 78.4 Å². The molecular formula is C25H22ClN3O2S. The van der Waals surface area contributed by atoms with Gasteiger partial charge in [0.05, 0.1) is 24.4 Å². The van der Waals surface area contributed by atoms with E-state index in [0.29, 0.717) is 38.4 Å². The zero-order valence-corrected chi connectivity index (χ0v) is 19.2. The molecule has 1 aliphatic heterocycles. The molecule has 1 atom stereocenters. The Morgan fingerprint density at radius 3 is 2.47 bits per heavy atom. The first-order valence-electron chi connectivity index (χ1n) is 10.0. The van der Waals surface area contributed by atoms with Gasteiger partial charge in [-0.2, -0.15) is 0 Å². The van der Waals surface area contributed by atoms with Crippen molar-refractivity contribution in [1.82, 2.24) is 10.6 Å². The van der Waals surface area contributed by atoms with Crippen LogP contribution in [0.5, 0.6) is 5.75 Å². The molecule has 0 fully saturated rings. The summed E-state index contributed by atoms with van der Waals surface area (Å²) in [5.74, 6) is 0.340. The summed E-state index contributed by atoms with van der Waals surface area (Å²) in [5.41, 5.74) is 4.48. The molecule has 0 bridgehead atoms. The Kier molecular flexibility index (Phi) is 6.44. The lowest BCUT2D eigenvalue weighted by Crippen LogP contribution is -2.45. The Bertz CT molecular complexity index is 1190. The van der Waals surface area contributed by atoms with Crippen molar-refractivity contribution in [2.24, 2.45) is 0 Å². The molecule has 32 heavy (non-hydrogen) atoms. The van der Waals surface area contributed by atoms with E-state index in [1.807, 2.05) is 61.5 Å². The van der Waals surface area contributed by atoms with Gasteiger partial charge in [-0.25, -0.2) is 0 Å². The molecule has 1 aliphatic rings. The quantitative estimate of drug-likeness (QED) is 0.452. The van der Waals surface area contributed by atoms with E-state index in [2.05, 4.69) is 16.0 Å². The van der Waals surface area contributed by atoms with Gasteiger partial charge in [-0.3, -0.25) is 4.79 Å². The van der Waals surface area contributed by atoms with Crippen molar-refractivity contribution in [3.63, 3.8) is 0 Å². The second kappa shape index (κ2) is 9.42. The van der Waals surface area contributed by atoms with Crippen LogP contribution in [0.3, 0.4) is 0 Å². The zero-order chi connectivity index (χ0) is 22.7. The van der Waals surface area contributed by atoms with E-state index in [1.54, 1.807) is 25.3 Å². The van der Waals surface area contributed by atoms with Crippen LogP contribution in [0.2, 0.25) is 5.02 Å². The van der Waals surface area contributed by atoms with Crippen molar-refractivity contribution >= 4 is 46.2 Å². The molecule has 3 aromatic rings. The molecule has 0 aromatic heterocycles. The van der Waals surface area contributed by atoms with Gasteiger partial charge in [-0.15, -0.1) is 0 Å². The van der Waals surface area contributed by atoms with Crippen molar-refractivity contribution in [2.45, 2.75) is 13.0 Å². The summed E-state index contributed by atoms with van der Waals surface area (Å²) in [6, 6.07) is 22.0. The summed E-state index contributed by atoms with van der Waals surface area (Å²) >= 11 is 11.8. The molecule has 4 rings (SSSR count). The van der Waals surface area contributed by atoms with Gasteiger partial charge in [0.25, 0.3) is 5.91 Å². The molecule has 0 spiro atoms. The number of rotatable bonds is 5. The summed E-state index contributed by atoms with van der Waals surface area (Å²) in [7, 11) is 1.58. The van der Waals surface area contributed by atoms with Crippen LogP contribution in [-0.4, -0.2) is 18.1 Å². The van der Waals surface area contributed by atoms with Crippen molar-refractivity contribution in [3.8, 4) is 5.75 Å². The first-order valence-corrected chi connectivity index (χ1v) is 10.8. The minimum Gasteiger partial charge on any atom is -0.496 e. The fraction of sp³-hybridized carbons (Fsp3) is 0.120. The summed E-state index contributed by atoms with van der Waals surface area (Å²) in [6.07, 6.45) is 0. The molecule has 0 unspecified atom stereocenters. The zero-order valence-electron chi connectivity index (χ0n) is 17.6. The molecule has 3 aromatic carbocycles. The number of carbonyl (C=O) groups is 1. The van der Waals surface area contributed by atoms with E-state index in [9.17, 15) is 4.79 Å². The highest BCUT2D eigenvalue weighted by Crippen LogP contribution is 2.37. The number of anilines is 1. The van der Waals surface area contributed by atoms with Crippen LogP contribution in [0.4, 0.5) is 5.69 Å². The SMILES string of the molecule is COc1ccc(Cl)cc1[C@H]1NC(=S)NC(c2ccccc2)=C1C(=O)Nc1ccc(C)cc1. The van der Waals surface area contributed by atoms with E-state index >= 15 is 0 Å². The van der Waals surface area contributed by atoms with Crippen LogP contribution in [0.25, 0.3) is 5.70 Å². The standard InChI is InChI=1S/C25H22ClN3O2S/c1-15-8-11-18(12-9-15)27-24(30)21-22(16-6-4-3-5-7-16)28-25(32)29-23(21)19-14-17(26)10-13-20(19)31-2/h3-14,23H,1-2H3,(H,27,30)(H2,28,29,32)/t23-/m1/s1. The number of ether oxygens (including phenoxy) is 1. The lowest BCUT2D eigenvalue weighted by molar-refractivity contribution is -0.113. The number of carbonyl (C=O) groups excluding carboxylic acids is 1. The monoisotopic (exact) mass is 463 g/mol. The summed E-state index contributed by atoms with van der Waals surface area (Å²) in [4.78, 5) is 13.6. The second-order valence-corrected chi connectivity index (χ2v) is 8.24. The van der Waals surface area contributed by atoms with E-state index < -0.39 is 6.04 Å². The molecule has 0 radical (unpaired) electrons. The van der Waals surface area contributed by atoms with E-state index in [4.69, 9.17) is 28.6 Å². The van der Waals surface area contributed by atoms with Gasteiger partial charge in [-0.1, -0.05) is 59.6 Å². The number of thiocarbonyl (C=S) groups is 1. The highest BCUT2D eigenvalue weighted by Gasteiger charge is 2.34.